The highest BCUT2D eigenvalue weighted by molar-refractivity contribution is 6.02. The van der Waals surface area contributed by atoms with E-state index in [4.69, 9.17) is 11.5 Å². The molecule has 1 unspecified atom stereocenters. The lowest BCUT2D eigenvalue weighted by Crippen LogP contribution is -2.36. The molecule has 0 aliphatic carbocycles. The second-order valence-corrected chi connectivity index (χ2v) is 6.36. The van der Waals surface area contributed by atoms with Gasteiger partial charge in [0.05, 0.1) is 16.9 Å². The van der Waals surface area contributed by atoms with E-state index in [1.165, 1.54) is 12.3 Å². The van der Waals surface area contributed by atoms with Crippen LogP contribution in [0.1, 0.15) is 33.8 Å². The normalized spacial score (nSPS) is 20.4. The van der Waals surface area contributed by atoms with E-state index in [9.17, 15) is 13.6 Å². The smallest absolute Gasteiger partial charge is 0.250 e. The molecule has 0 bridgehead atoms. The number of primary amides is 1. The number of benzene rings is 2. The zero-order valence-corrected chi connectivity index (χ0v) is 14.1. The van der Waals surface area contributed by atoms with Gasteiger partial charge in [-0.05, 0) is 42.2 Å². The van der Waals surface area contributed by atoms with Crippen molar-refractivity contribution in [1.29, 1.82) is 0 Å². The van der Waals surface area contributed by atoms with Crippen LogP contribution in [-0.2, 0) is 0 Å². The zero-order valence-electron chi connectivity index (χ0n) is 14.1. The van der Waals surface area contributed by atoms with E-state index in [2.05, 4.69) is 10.3 Å². The SMILES string of the molecule is NC(=O)c1cc(F)cc(C=Nc2ccc([C@H]3CNCC(F)C3)cc2)c1N. The van der Waals surface area contributed by atoms with Gasteiger partial charge in [0.2, 0.25) is 0 Å². The van der Waals surface area contributed by atoms with Crippen molar-refractivity contribution in [2.24, 2.45) is 10.7 Å². The van der Waals surface area contributed by atoms with Gasteiger partial charge in [-0.25, -0.2) is 8.78 Å². The van der Waals surface area contributed by atoms with Crippen molar-refractivity contribution >= 4 is 23.5 Å². The molecular formula is C19H20F2N4O. The average molecular weight is 358 g/mol. The van der Waals surface area contributed by atoms with Crippen LogP contribution < -0.4 is 16.8 Å². The number of alkyl halides is 1. The Morgan fingerprint density at radius 2 is 1.96 bits per heavy atom. The van der Waals surface area contributed by atoms with Gasteiger partial charge in [0, 0.05) is 24.9 Å². The standard InChI is InChI=1S/C19H20F2N4O/c20-14-6-13(18(22)17(7-14)19(23)26)9-25-16-3-1-11(2-4-16)12-5-15(21)10-24-8-12/h1-4,6-7,9,12,15,24H,5,8,10,22H2,(H2,23,26)/t12-,15?/m1/s1. The molecule has 2 atom stereocenters. The summed E-state index contributed by atoms with van der Waals surface area (Å²) < 4.78 is 27.1. The molecule has 5 nitrogen and oxygen atoms in total. The molecule has 1 heterocycles. The van der Waals surface area contributed by atoms with Gasteiger partial charge in [-0.15, -0.1) is 0 Å². The summed E-state index contributed by atoms with van der Waals surface area (Å²) in [6.45, 7) is 1.15. The number of nitrogens with zero attached hydrogens (tertiary/aromatic N) is 1. The predicted octanol–water partition coefficient (Wildman–Crippen LogP) is 2.67. The van der Waals surface area contributed by atoms with E-state index in [1.807, 2.05) is 12.1 Å². The van der Waals surface area contributed by atoms with Crippen LogP contribution in [0.15, 0.2) is 41.4 Å². The number of nitrogens with two attached hydrogens (primary N) is 2. The monoisotopic (exact) mass is 358 g/mol. The number of nitrogen functional groups attached to an aromatic ring is 1. The second-order valence-electron chi connectivity index (χ2n) is 6.36. The zero-order chi connectivity index (χ0) is 18.7. The van der Waals surface area contributed by atoms with Gasteiger partial charge in [0.25, 0.3) is 5.91 Å². The van der Waals surface area contributed by atoms with Gasteiger partial charge in [0.1, 0.15) is 12.0 Å². The second kappa shape index (κ2) is 7.61. The minimum Gasteiger partial charge on any atom is -0.398 e. The van der Waals surface area contributed by atoms with Crippen LogP contribution >= 0.6 is 0 Å². The highest BCUT2D eigenvalue weighted by atomic mass is 19.1. The first kappa shape index (κ1) is 18.0. The van der Waals surface area contributed by atoms with Gasteiger partial charge in [-0.1, -0.05) is 12.1 Å². The van der Waals surface area contributed by atoms with Crippen molar-refractivity contribution in [3.8, 4) is 0 Å². The summed E-state index contributed by atoms with van der Waals surface area (Å²) in [6, 6.07) is 9.60. The minimum atomic E-state index is -0.832. The number of piperidine rings is 1. The molecular weight excluding hydrogens is 338 g/mol. The molecule has 1 aliphatic rings. The molecule has 0 radical (unpaired) electrons. The van der Waals surface area contributed by atoms with E-state index in [-0.39, 0.29) is 22.7 Å². The summed E-state index contributed by atoms with van der Waals surface area (Å²) in [5.41, 5.74) is 13.0. The number of rotatable bonds is 4. The number of carbonyl (C=O) groups is 1. The van der Waals surface area contributed by atoms with Crippen LogP contribution in [0.25, 0.3) is 0 Å². The maximum Gasteiger partial charge on any atom is 0.250 e. The maximum absolute atomic E-state index is 13.6. The van der Waals surface area contributed by atoms with E-state index >= 15 is 0 Å². The summed E-state index contributed by atoms with van der Waals surface area (Å²) in [5.74, 6) is -1.28. The Hall–Kier alpha value is -2.80. The fraction of sp³-hybridized carbons (Fsp3) is 0.263. The molecule has 26 heavy (non-hydrogen) atoms. The van der Waals surface area contributed by atoms with Crippen LogP contribution in [0.5, 0.6) is 0 Å². The Morgan fingerprint density at radius 3 is 2.62 bits per heavy atom. The number of hydrogen-bond acceptors (Lipinski definition) is 4. The highest BCUT2D eigenvalue weighted by Crippen LogP contribution is 2.27. The molecule has 0 aromatic heterocycles. The largest absolute Gasteiger partial charge is 0.398 e. The number of aliphatic imine (C=N–C) groups is 1. The Balaban J connectivity index is 1.78. The molecule has 5 N–H and O–H groups in total. The third-order valence-corrected chi connectivity index (χ3v) is 4.46. The lowest BCUT2D eigenvalue weighted by molar-refractivity contribution is 0.100. The van der Waals surface area contributed by atoms with Crippen molar-refractivity contribution in [1.82, 2.24) is 5.32 Å². The Kier molecular flexibility index (Phi) is 5.27. The van der Waals surface area contributed by atoms with Gasteiger partial charge in [0.15, 0.2) is 0 Å². The number of nitrogens with one attached hydrogen (secondary N) is 1. The number of amides is 1. The first-order chi connectivity index (χ1) is 12.4. The Bertz CT molecular complexity index is 836. The van der Waals surface area contributed by atoms with Crippen LogP contribution in [0.2, 0.25) is 0 Å². The van der Waals surface area contributed by atoms with E-state index < -0.39 is 17.9 Å². The van der Waals surface area contributed by atoms with Gasteiger partial charge >= 0.3 is 0 Å². The summed E-state index contributed by atoms with van der Waals surface area (Å²) in [4.78, 5) is 15.6. The first-order valence-electron chi connectivity index (χ1n) is 8.31. The molecule has 3 rings (SSSR count). The fourth-order valence-electron chi connectivity index (χ4n) is 3.07. The summed E-state index contributed by atoms with van der Waals surface area (Å²) in [7, 11) is 0. The van der Waals surface area contributed by atoms with Crippen LogP contribution in [0.3, 0.4) is 0 Å². The Morgan fingerprint density at radius 1 is 1.23 bits per heavy atom. The molecule has 0 saturated carbocycles. The van der Waals surface area contributed by atoms with Gasteiger partial charge in [-0.2, -0.15) is 0 Å². The molecule has 1 amide bonds. The van der Waals surface area contributed by atoms with E-state index in [1.54, 1.807) is 12.1 Å². The van der Waals surface area contributed by atoms with Gasteiger partial charge < -0.3 is 16.8 Å². The van der Waals surface area contributed by atoms with E-state index in [0.717, 1.165) is 18.2 Å². The molecule has 2 aromatic rings. The number of carbonyl (C=O) groups excluding carboxylic acids is 1. The quantitative estimate of drug-likeness (QED) is 0.579. The summed E-state index contributed by atoms with van der Waals surface area (Å²) in [5, 5.41) is 3.08. The molecule has 2 aromatic carbocycles. The van der Waals surface area contributed by atoms with Crippen LogP contribution in [0.4, 0.5) is 20.2 Å². The molecule has 1 saturated heterocycles. The topological polar surface area (TPSA) is 93.5 Å². The maximum atomic E-state index is 13.6. The van der Waals surface area contributed by atoms with Crippen molar-refractivity contribution in [3.63, 3.8) is 0 Å². The number of hydrogen-bond donors (Lipinski definition) is 3. The molecule has 1 aliphatic heterocycles. The molecule has 7 heteroatoms. The number of anilines is 1. The molecule has 1 fully saturated rings. The lowest BCUT2D eigenvalue weighted by Gasteiger charge is -2.25. The van der Waals surface area contributed by atoms with Crippen molar-refractivity contribution in [3.05, 3.63) is 58.9 Å². The van der Waals surface area contributed by atoms with Crippen LogP contribution in [-0.4, -0.2) is 31.4 Å². The van der Waals surface area contributed by atoms with Crippen molar-refractivity contribution in [2.75, 3.05) is 18.8 Å². The summed E-state index contributed by atoms with van der Waals surface area (Å²) >= 11 is 0. The van der Waals surface area contributed by atoms with Crippen LogP contribution in [0, 0.1) is 5.82 Å². The fourth-order valence-corrected chi connectivity index (χ4v) is 3.07. The van der Waals surface area contributed by atoms with Crippen molar-refractivity contribution in [2.45, 2.75) is 18.5 Å². The van der Waals surface area contributed by atoms with E-state index in [0.29, 0.717) is 18.7 Å². The average Bonchev–Trinajstić information content (AvgIpc) is 2.62. The Labute approximate surface area is 150 Å². The third-order valence-electron chi connectivity index (χ3n) is 4.46. The number of halogens is 2. The minimum absolute atomic E-state index is 0.0765. The third kappa shape index (κ3) is 4.05. The summed E-state index contributed by atoms with van der Waals surface area (Å²) in [6.07, 6.45) is 1.06. The van der Waals surface area contributed by atoms with Gasteiger partial charge in [-0.3, -0.25) is 9.79 Å². The highest BCUT2D eigenvalue weighted by Gasteiger charge is 2.22. The molecule has 0 spiro atoms. The first-order valence-corrected chi connectivity index (χ1v) is 8.31. The lowest BCUT2D eigenvalue weighted by atomic mass is 9.91. The molecule has 136 valence electrons. The van der Waals surface area contributed by atoms with Crippen molar-refractivity contribution < 1.29 is 13.6 Å². The predicted molar refractivity (Wildman–Crippen MR) is 98.2 cm³/mol.